The number of benzene rings is 1. The van der Waals surface area contributed by atoms with Crippen LogP contribution in [0, 0.1) is 11.3 Å². The van der Waals surface area contributed by atoms with Gasteiger partial charge in [0, 0.05) is 0 Å². The molecule has 0 heterocycles. The summed E-state index contributed by atoms with van der Waals surface area (Å²) in [6.45, 7) is 5.39. The van der Waals surface area contributed by atoms with Crippen LogP contribution in [0.15, 0.2) is 24.3 Å². The highest BCUT2D eigenvalue weighted by molar-refractivity contribution is 5.24. The number of rotatable bonds is 5. The standard InChI is InChI=1S/C16H25N/c1-13(2)10-14-4-6-15(7-5-14)11-16(12-17)8-3-9-16/h4-7,13H,3,8-12,17H2,1-2H3. The monoisotopic (exact) mass is 231 g/mol. The maximum absolute atomic E-state index is 5.91. The molecule has 0 radical (unpaired) electrons. The van der Waals surface area contributed by atoms with E-state index >= 15 is 0 Å². The van der Waals surface area contributed by atoms with Gasteiger partial charge in [0.2, 0.25) is 0 Å². The largest absolute Gasteiger partial charge is 0.330 e. The van der Waals surface area contributed by atoms with E-state index in [1.807, 2.05) is 0 Å². The van der Waals surface area contributed by atoms with Gasteiger partial charge in [-0.25, -0.2) is 0 Å². The summed E-state index contributed by atoms with van der Waals surface area (Å²) in [6.07, 6.45) is 6.35. The molecule has 1 saturated carbocycles. The molecule has 0 aromatic heterocycles. The summed E-state index contributed by atoms with van der Waals surface area (Å²) in [4.78, 5) is 0. The SMILES string of the molecule is CC(C)Cc1ccc(CC2(CN)CCC2)cc1. The van der Waals surface area contributed by atoms with Gasteiger partial charge in [-0.3, -0.25) is 0 Å². The lowest BCUT2D eigenvalue weighted by molar-refractivity contribution is 0.145. The lowest BCUT2D eigenvalue weighted by atomic mass is 9.65. The molecule has 1 fully saturated rings. The van der Waals surface area contributed by atoms with Crippen molar-refractivity contribution in [2.45, 2.75) is 46.0 Å². The van der Waals surface area contributed by atoms with E-state index in [-0.39, 0.29) is 0 Å². The Morgan fingerprint density at radius 3 is 2.12 bits per heavy atom. The second kappa shape index (κ2) is 5.22. The zero-order valence-electron chi connectivity index (χ0n) is 11.2. The molecule has 2 N–H and O–H groups in total. The van der Waals surface area contributed by atoms with E-state index in [1.165, 1.54) is 43.2 Å². The van der Waals surface area contributed by atoms with E-state index in [0.717, 1.165) is 12.5 Å². The molecular formula is C16H25N. The van der Waals surface area contributed by atoms with Crippen molar-refractivity contribution in [1.82, 2.24) is 0 Å². The highest BCUT2D eigenvalue weighted by atomic mass is 14.6. The van der Waals surface area contributed by atoms with Gasteiger partial charge in [0.15, 0.2) is 0 Å². The average Bonchev–Trinajstić information content (AvgIpc) is 2.25. The molecular weight excluding hydrogens is 206 g/mol. The molecule has 0 spiro atoms. The Morgan fingerprint density at radius 2 is 1.71 bits per heavy atom. The zero-order chi connectivity index (χ0) is 12.3. The van der Waals surface area contributed by atoms with Crippen LogP contribution in [0.2, 0.25) is 0 Å². The number of hydrogen-bond donors (Lipinski definition) is 1. The molecule has 1 aromatic rings. The van der Waals surface area contributed by atoms with Crippen LogP contribution in [0.3, 0.4) is 0 Å². The zero-order valence-corrected chi connectivity index (χ0v) is 11.2. The van der Waals surface area contributed by atoms with Crippen LogP contribution in [0.25, 0.3) is 0 Å². The Kier molecular flexibility index (Phi) is 3.88. The van der Waals surface area contributed by atoms with Crippen LogP contribution >= 0.6 is 0 Å². The third-order valence-electron chi connectivity index (χ3n) is 4.09. The summed E-state index contributed by atoms with van der Waals surface area (Å²) in [5.74, 6) is 0.739. The quantitative estimate of drug-likeness (QED) is 0.824. The Labute approximate surface area is 105 Å². The molecule has 1 aromatic carbocycles. The van der Waals surface area contributed by atoms with Crippen molar-refractivity contribution >= 4 is 0 Å². The van der Waals surface area contributed by atoms with E-state index in [4.69, 9.17) is 5.73 Å². The van der Waals surface area contributed by atoms with Gasteiger partial charge in [-0.2, -0.15) is 0 Å². The molecule has 94 valence electrons. The molecule has 0 amide bonds. The summed E-state index contributed by atoms with van der Waals surface area (Å²) >= 11 is 0. The molecule has 0 bridgehead atoms. The molecule has 1 aliphatic carbocycles. The number of hydrogen-bond acceptors (Lipinski definition) is 1. The van der Waals surface area contributed by atoms with Gasteiger partial charge < -0.3 is 5.73 Å². The summed E-state index contributed by atoms with van der Waals surface area (Å²) in [6, 6.07) is 9.18. The normalized spacial score (nSPS) is 18.1. The Balaban J connectivity index is 1.98. The van der Waals surface area contributed by atoms with Crippen LogP contribution in [0.5, 0.6) is 0 Å². The van der Waals surface area contributed by atoms with Crippen molar-refractivity contribution in [1.29, 1.82) is 0 Å². The minimum absolute atomic E-state index is 0.430. The average molecular weight is 231 g/mol. The molecule has 1 nitrogen and oxygen atoms in total. The molecule has 17 heavy (non-hydrogen) atoms. The highest BCUT2D eigenvalue weighted by Gasteiger charge is 2.35. The van der Waals surface area contributed by atoms with E-state index < -0.39 is 0 Å². The molecule has 1 heteroatoms. The van der Waals surface area contributed by atoms with Crippen molar-refractivity contribution in [3.63, 3.8) is 0 Å². The fourth-order valence-electron chi connectivity index (χ4n) is 2.83. The third-order valence-corrected chi connectivity index (χ3v) is 4.09. The van der Waals surface area contributed by atoms with Gasteiger partial charge in [0.25, 0.3) is 0 Å². The summed E-state index contributed by atoms with van der Waals surface area (Å²) in [5.41, 5.74) is 9.26. The van der Waals surface area contributed by atoms with Crippen molar-refractivity contribution in [3.05, 3.63) is 35.4 Å². The predicted molar refractivity (Wildman–Crippen MR) is 74.0 cm³/mol. The summed E-state index contributed by atoms with van der Waals surface area (Å²) in [5, 5.41) is 0. The Morgan fingerprint density at radius 1 is 1.12 bits per heavy atom. The van der Waals surface area contributed by atoms with Gasteiger partial charge in [-0.05, 0) is 54.7 Å². The van der Waals surface area contributed by atoms with Crippen LogP contribution in [-0.2, 0) is 12.8 Å². The first kappa shape index (κ1) is 12.6. The minimum atomic E-state index is 0.430. The van der Waals surface area contributed by atoms with Crippen LogP contribution in [0.4, 0.5) is 0 Å². The summed E-state index contributed by atoms with van der Waals surface area (Å²) < 4.78 is 0. The Hall–Kier alpha value is -0.820. The van der Waals surface area contributed by atoms with Gasteiger partial charge in [-0.1, -0.05) is 44.5 Å². The first-order valence-electron chi connectivity index (χ1n) is 6.91. The molecule has 1 aliphatic rings. The molecule has 0 saturated heterocycles. The summed E-state index contributed by atoms with van der Waals surface area (Å²) in [7, 11) is 0. The fourth-order valence-corrected chi connectivity index (χ4v) is 2.83. The first-order chi connectivity index (χ1) is 8.13. The lowest BCUT2D eigenvalue weighted by Gasteiger charge is -2.41. The second-order valence-corrected chi connectivity index (χ2v) is 6.15. The first-order valence-corrected chi connectivity index (χ1v) is 6.91. The maximum atomic E-state index is 5.91. The van der Waals surface area contributed by atoms with E-state index in [9.17, 15) is 0 Å². The number of nitrogens with two attached hydrogens (primary N) is 1. The molecule has 0 atom stereocenters. The van der Waals surface area contributed by atoms with Gasteiger partial charge >= 0.3 is 0 Å². The molecule has 0 aliphatic heterocycles. The van der Waals surface area contributed by atoms with E-state index in [2.05, 4.69) is 38.1 Å². The molecule has 0 unspecified atom stereocenters. The Bertz CT molecular complexity index is 341. The smallest absolute Gasteiger partial charge is 0.00173 e. The second-order valence-electron chi connectivity index (χ2n) is 6.15. The van der Waals surface area contributed by atoms with Gasteiger partial charge in [0.05, 0.1) is 0 Å². The van der Waals surface area contributed by atoms with Crippen LogP contribution in [0.1, 0.15) is 44.2 Å². The maximum Gasteiger partial charge on any atom is -0.00173 e. The highest BCUT2D eigenvalue weighted by Crippen LogP contribution is 2.42. The lowest BCUT2D eigenvalue weighted by Crippen LogP contribution is -2.39. The molecule has 2 rings (SSSR count). The third kappa shape index (κ3) is 3.10. The van der Waals surface area contributed by atoms with Crippen LogP contribution < -0.4 is 5.73 Å². The van der Waals surface area contributed by atoms with Crippen molar-refractivity contribution in [2.24, 2.45) is 17.1 Å². The van der Waals surface area contributed by atoms with Crippen molar-refractivity contribution in [3.8, 4) is 0 Å². The van der Waals surface area contributed by atoms with E-state index in [1.54, 1.807) is 0 Å². The van der Waals surface area contributed by atoms with Crippen molar-refractivity contribution in [2.75, 3.05) is 6.54 Å². The van der Waals surface area contributed by atoms with Gasteiger partial charge in [0.1, 0.15) is 0 Å². The topological polar surface area (TPSA) is 26.0 Å². The van der Waals surface area contributed by atoms with E-state index in [0.29, 0.717) is 5.41 Å². The van der Waals surface area contributed by atoms with Crippen LogP contribution in [-0.4, -0.2) is 6.54 Å². The van der Waals surface area contributed by atoms with Gasteiger partial charge in [-0.15, -0.1) is 0 Å². The minimum Gasteiger partial charge on any atom is -0.330 e. The predicted octanol–water partition coefficient (Wildman–Crippen LogP) is 3.56. The van der Waals surface area contributed by atoms with Crippen molar-refractivity contribution < 1.29 is 0 Å². The fraction of sp³-hybridized carbons (Fsp3) is 0.625.